The van der Waals surface area contributed by atoms with Crippen LogP contribution in [0.3, 0.4) is 0 Å². The smallest absolute Gasteiger partial charge is 0.122 e. The number of hydrogen-bond acceptors (Lipinski definition) is 3. The summed E-state index contributed by atoms with van der Waals surface area (Å²) in [6.07, 6.45) is 1.80. The minimum atomic E-state index is 0.0539. The predicted octanol–water partition coefficient (Wildman–Crippen LogP) is 3.34. The van der Waals surface area contributed by atoms with Crippen LogP contribution in [0.2, 0.25) is 0 Å². The second-order valence-corrected chi connectivity index (χ2v) is 5.00. The number of hydrogen-bond donors (Lipinski definition) is 1. The van der Waals surface area contributed by atoms with Gasteiger partial charge in [0.15, 0.2) is 0 Å². The van der Waals surface area contributed by atoms with E-state index in [-0.39, 0.29) is 6.04 Å². The maximum atomic E-state index is 6.25. The fraction of sp³-hybridized carbons (Fsp3) is 0.333. The van der Waals surface area contributed by atoms with Gasteiger partial charge in [-0.25, -0.2) is 0 Å². The summed E-state index contributed by atoms with van der Waals surface area (Å²) in [5.41, 5.74) is 8.62. The normalized spacial score (nSPS) is 12.1. The van der Waals surface area contributed by atoms with E-state index in [1.54, 1.807) is 7.11 Å². The van der Waals surface area contributed by atoms with Crippen molar-refractivity contribution in [1.82, 2.24) is 0 Å². The van der Waals surface area contributed by atoms with Crippen molar-refractivity contribution in [2.24, 2.45) is 5.73 Å². The molecule has 0 spiro atoms. The molecule has 2 N–H and O–H groups in total. The number of aryl methyl sites for hydroxylation is 1. The number of methoxy groups -OCH3 is 1. The van der Waals surface area contributed by atoms with Crippen molar-refractivity contribution in [1.29, 1.82) is 0 Å². The van der Waals surface area contributed by atoms with Gasteiger partial charge >= 0.3 is 0 Å². The van der Waals surface area contributed by atoms with Gasteiger partial charge in [0.05, 0.1) is 6.61 Å². The SMILES string of the molecule is COCCOc1ccccc1CCC(N)c1ccccc1. The van der Waals surface area contributed by atoms with Gasteiger partial charge in [0.25, 0.3) is 0 Å². The Morgan fingerprint density at radius 1 is 0.952 bits per heavy atom. The fourth-order valence-corrected chi connectivity index (χ4v) is 2.26. The van der Waals surface area contributed by atoms with Crippen LogP contribution in [-0.2, 0) is 11.2 Å². The molecule has 2 aromatic carbocycles. The molecule has 112 valence electrons. The quantitative estimate of drug-likeness (QED) is 0.757. The molecular weight excluding hydrogens is 262 g/mol. The highest BCUT2D eigenvalue weighted by Crippen LogP contribution is 2.23. The summed E-state index contributed by atoms with van der Waals surface area (Å²) in [6.45, 7) is 1.16. The van der Waals surface area contributed by atoms with Crippen LogP contribution in [0.1, 0.15) is 23.6 Å². The Balaban J connectivity index is 1.93. The molecule has 0 heterocycles. The summed E-state index contributed by atoms with van der Waals surface area (Å²) in [5, 5.41) is 0. The van der Waals surface area contributed by atoms with E-state index in [4.69, 9.17) is 15.2 Å². The third-order valence-corrected chi connectivity index (χ3v) is 3.47. The van der Waals surface area contributed by atoms with Crippen LogP contribution in [0.25, 0.3) is 0 Å². The standard InChI is InChI=1S/C18H23NO2/c1-20-13-14-21-18-10-6-5-9-16(18)11-12-17(19)15-7-3-2-4-8-15/h2-10,17H,11-14,19H2,1H3. The highest BCUT2D eigenvalue weighted by Gasteiger charge is 2.08. The van der Waals surface area contributed by atoms with E-state index in [1.165, 1.54) is 11.1 Å². The highest BCUT2D eigenvalue weighted by molar-refractivity contribution is 5.33. The Kier molecular flexibility index (Phi) is 6.25. The summed E-state index contributed by atoms with van der Waals surface area (Å²) >= 11 is 0. The number of ether oxygens (including phenoxy) is 2. The predicted molar refractivity (Wildman–Crippen MR) is 85.5 cm³/mol. The van der Waals surface area contributed by atoms with Gasteiger partial charge in [-0.1, -0.05) is 48.5 Å². The lowest BCUT2D eigenvalue weighted by molar-refractivity contribution is 0.145. The van der Waals surface area contributed by atoms with Crippen LogP contribution >= 0.6 is 0 Å². The molecule has 0 aromatic heterocycles. The van der Waals surface area contributed by atoms with Gasteiger partial charge in [-0.2, -0.15) is 0 Å². The summed E-state index contributed by atoms with van der Waals surface area (Å²) in [5.74, 6) is 0.926. The summed E-state index contributed by atoms with van der Waals surface area (Å²) in [7, 11) is 1.67. The molecule has 0 aliphatic rings. The lowest BCUT2D eigenvalue weighted by Gasteiger charge is -2.14. The first kappa shape index (κ1) is 15.5. The second-order valence-electron chi connectivity index (χ2n) is 5.00. The summed E-state index contributed by atoms with van der Waals surface area (Å²) < 4.78 is 10.8. The maximum absolute atomic E-state index is 6.25. The topological polar surface area (TPSA) is 44.5 Å². The Morgan fingerprint density at radius 3 is 2.43 bits per heavy atom. The maximum Gasteiger partial charge on any atom is 0.122 e. The third kappa shape index (κ3) is 4.88. The Bertz CT molecular complexity index is 528. The van der Waals surface area contributed by atoms with Crippen molar-refractivity contribution in [3.05, 3.63) is 65.7 Å². The molecule has 21 heavy (non-hydrogen) atoms. The number of para-hydroxylation sites is 1. The highest BCUT2D eigenvalue weighted by atomic mass is 16.5. The molecule has 2 aromatic rings. The Morgan fingerprint density at radius 2 is 1.67 bits per heavy atom. The first-order chi connectivity index (χ1) is 10.3. The lowest BCUT2D eigenvalue weighted by atomic mass is 9.99. The largest absolute Gasteiger partial charge is 0.491 e. The fourth-order valence-electron chi connectivity index (χ4n) is 2.26. The van der Waals surface area contributed by atoms with Crippen molar-refractivity contribution in [2.75, 3.05) is 20.3 Å². The van der Waals surface area contributed by atoms with E-state index >= 15 is 0 Å². The molecule has 0 saturated carbocycles. The van der Waals surface area contributed by atoms with Crippen LogP contribution in [0, 0.1) is 0 Å². The van der Waals surface area contributed by atoms with Gasteiger partial charge < -0.3 is 15.2 Å². The summed E-state index contributed by atoms with van der Waals surface area (Å²) in [4.78, 5) is 0. The number of benzene rings is 2. The Hall–Kier alpha value is -1.84. The zero-order valence-electron chi connectivity index (χ0n) is 12.5. The van der Waals surface area contributed by atoms with E-state index in [0.717, 1.165) is 18.6 Å². The van der Waals surface area contributed by atoms with Crippen molar-refractivity contribution in [3.8, 4) is 5.75 Å². The molecule has 0 aliphatic heterocycles. The minimum absolute atomic E-state index is 0.0539. The molecule has 0 aliphatic carbocycles. The molecular formula is C18H23NO2. The van der Waals surface area contributed by atoms with Crippen LogP contribution < -0.4 is 10.5 Å². The monoisotopic (exact) mass is 285 g/mol. The van der Waals surface area contributed by atoms with E-state index in [9.17, 15) is 0 Å². The van der Waals surface area contributed by atoms with Crippen LogP contribution in [0.4, 0.5) is 0 Å². The first-order valence-electron chi connectivity index (χ1n) is 7.31. The molecule has 3 nitrogen and oxygen atoms in total. The molecule has 0 amide bonds. The van der Waals surface area contributed by atoms with E-state index in [2.05, 4.69) is 18.2 Å². The van der Waals surface area contributed by atoms with Crippen molar-refractivity contribution in [3.63, 3.8) is 0 Å². The van der Waals surface area contributed by atoms with Crippen LogP contribution in [0.15, 0.2) is 54.6 Å². The van der Waals surface area contributed by atoms with Gasteiger partial charge in [-0.3, -0.25) is 0 Å². The number of rotatable bonds is 8. The minimum Gasteiger partial charge on any atom is -0.491 e. The molecule has 0 bridgehead atoms. The van der Waals surface area contributed by atoms with Crippen molar-refractivity contribution in [2.45, 2.75) is 18.9 Å². The van der Waals surface area contributed by atoms with Gasteiger partial charge in [-0.05, 0) is 30.0 Å². The molecule has 2 rings (SSSR count). The van der Waals surface area contributed by atoms with Crippen LogP contribution in [0.5, 0.6) is 5.75 Å². The Labute approximate surface area is 126 Å². The zero-order valence-corrected chi connectivity index (χ0v) is 12.5. The van der Waals surface area contributed by atoms with E-state index in [0.29, 0.717) is 13.2 Å². The average Bonchev–Trinajstić information content (AvgIpc) is 2.54. The zero-order chi connectivity index (χ0) is 14.9. The summed E-state index contributed by atoms with van der Waals surface area (Å²) in [6, 6.07) is 18.4. The second kappa shape index (κ2) is 8.45. The number of nitrogens with two attached hydrogens (primary N) is 1. The lowest BCUT2D eigenvalue weighted by Crippen LogP contribution is -2.12. The molecule has 3 heteroatoms. The van der Waals surface area contributed by atoms with Crippen LogP contribution in [-0.4, -0.2) is 20.3 Å². The molecule has 1 atom stereocenters. The first-order valence-corrected chi connectivity index (χ1v) is 7.31. The van der Waals surface area contributed by atoms with Gasteiger partial charge in [-0.15, -0.1) is 0 Å². The van der Waals surface area contributed by atoms with Crippen molar-refractivity contribution >= 4 is 0 Å². The molecule has 0 saturated heterocycles. The molecule has 0 fully saturated rings. The van der Waals surface area contributed by atoms with Gasteiger partial charge in [0.2, 0.25) is 0 Å². The molecule has 1 unspecified atom stereocenters. The van der Waals surface area contributed by atoms with Crippen molar-refractivity contribution < 1.29 is 9.47 Å². The third-order valence-electron chi connectivity index (χ3n) is 3.47. The van der Waals surface area contributed by atoms with Gasteiger partial charge in [0, 0.05) is 13.2 Å². The van der Waals surface area contributed by atoms with E-state index < -0.39 is 0 Å². The van der Waals surface area contributed by atoms with Gasteiger partial charge in [0.1, 0.15) is 12.4 Å². The average molecular weight is 285 g/mol. The molecule has 0 radical (unpaired) electrons. The van der Waals surface area contributed by atoms with E-state index in [1.807, 2.05) is 36.4 Å².